The van der Waals surface area contributed by atoms with Gasteiger partial charge in [0.1, 0.15) is 0 Å². The van der Waals surface area contributed by atoms with Crippen molar-refractivity contribution in [2.75, 3.05) is 37.8 Å². The minimum atomic E-state index is -2.87. The molecular weight excluding hydrogens is 226 g/mol. The zero-order valence-electron chi connectivity index (χ0n) is 10.7. The van der Waals surface area contributed by atoms with E-state index in [-0.39, 0.29) is 5.75 Å². The third-order valence-corrected chi connectivity index (χ3v) is 3.91. The summed E-state index contributed by atoms with van der Waals surface area (Å²) >= 11 is 0. The number of hydrogen-bond acceptors (Lipinski definition) is 4. The number of sulfone groups is 1. The summed E-state index contributed by atoms with van der Waals surface area (Å²) in [5.74, 6) is 0.976. The van der Waals surface area contributed by atoms with Crippen molar-refractivity contribution in [1.29, 1.82) is 0 Å². The van der Waals surface area contributed by atoms with E-state index >= 15 is 0 Å². The molecule has 0 heterocycles. The van der Waals surface area contributed by atoms with Crippen molar-refractivity contribution < 1.29 is 13.2 Å². The van der Waals surface area contributed by atoms with E-state index in [9.17, 15) is 8.42 Å². The van der Waals surface area contributed by atoms with Crippen molar-refractivity contribution in [2.45, 2.75) is 27.2 Å². The zero-order valence-corrected chi connectivity index (χ0v) is 11.5. The lowest BCUT2D eigenvalue weighted by Gasteiger charge is -2.07. The summed E-state index contributed by atoms with van der Waals surface area (Å²) in [6, 6.07) is 0. The van der Waals surface area contributed by atoms with Crippen LogP contribution in [0.2, 0.25) is 0 Å². The predicted octanol–water partition coefficient (Wildman–Crippen LogP) is 1.07. The molecule has 16 heavy (non-hydrogen) atoms. The highest BCUT2D eigenvalue weighted by atomic mass is 32.2. The number of nitrogens with one attached hydrogen (secondary N) is 1. The molecule has 98 valence electrons. The van der Waals surface area contributed by atoms with E-state index in [0.29, 0.717) is 38.0 Å². The van der Waals surface area contributed by atoms with E-state index in [1.54, 1.807) is 0 Å². The summed E-state index contributed by atoms with van der Waals surface area (Å²) in [5, 5.41) is 3.06. The Morgan fingerprint density at radius 2 is 1.88 bits per heavy atom. The van der Waals surface area contributed by atoms with Crippen molar-refractivity contribution >= 4 is 9.84 Å². The quantitative estimate of drug-likeness (QED) is 0.590. The molecule has 0 saturated carbocycles. The van der Waals surface area contributed by atoms with Crippen molar-refractivity contribution in [3.8, 4) is 0 Å². The molecule has 0 amide bonds. The fraction of sp³-hybridized carbons (Fsp3) is 1.00. The largest absolute Gasteiger partial charge is 0.380 e. The van der Waals surface area contributed by atoms with E-state index in [1.807, 2.05) is 20.8 Å². The molecule has 0 bridgehead atoms. The van der Waals surface area contributed by atoms with Gasteiger partial charge in [-0.1, -0.05) is 13.8 Å². The van der Waals surface area contributed by atoms with Crippen LogP contribution in [0.25, 0.3) is 0 Å². The molecule has 0 aliphatic carbocycles. The molecule has 0 aromatic carbocycles. The molecule has 0 aromatic rings. The normalized spacial score (nSPS) is 12.2. The summed E-state index contributed by atoms with van der Waals surface area (Å²) in [6.07, 6.45) is 0.751. The van der Waals surface area contributed by atoms with Gasteiger partial charge in [0.2, 0.25) is 0 Å². The van der Waals surface area contributed by atoms with Crippen LogP contribution in [0.15, 0.2) is 0 Å². The lowest BCUT2D eigenvalue weighted by Crippen LogP contribution is -2.27. The van der Waals surface area contributed by atoms with E-state index in [4.69, 9.17) is 4.74 Å². The van der Waals surface area contributed by atoms with Gasteiger partial charge in [-0.25, -0.2) is 8.42 Å². The Balaban J connectivity index is 3.51. The first-order chi connectivity index (χ1) is 7.48. The molecule has 0 aromatic heterocycles. The van der Waals surface area contributed by atoms with Crippen LogP contribution in [0.3, 0.4) is 0 Å². The molecule has 1 N–H and O–H groups in total. The second-order valence-electron chi connectivity index (χ2n) is 4.28. The molecule has 0 radical (unpaired) electrons. The predicted molar refractivity (Wildman–Crippen MR) is 67.5 cm³/mol. The smallest absolute Gasteiger partial charge is 0.151 e. The minimum Gasteiger partial charge on any atom is -0.380 e. The highest BCUT2D eigenvalue weighted by Crippen LogP contribution is 2.03. The maximum Gasteiger partial charge on any atom is 0.151 e. The maximum absolute atomic E-state index is 11.6. The van der Waals surface area contributed by atoms with Gasteiger partial charge in [0, 0.05) is 19.7 Å². The van der Waals surface area contributed by atoms with Gasteiger partial charge in [0.25, 0.3) is 0 Å². The first-order valence-corrected chi connectivity index (χ1v) is 7.79. The molecule has 0 fully saturated rings. The van der Waals surface area contributed by atoms with Gasteiger partial charge in [-0.3, -0.25) is 0 Å². The number of ether oxygens (including phenoxy) is 1. The molecule has 0 spiro atoms. The van der Waals surface area contributed by atoms with E-state index in [2.05, 4.69) is 5.32 Å². The Kier molecular flexibility index (Phi) is 8.89. The number of rotatable bonds is 10. The second kappa shape index (κ2) is 8.96. The van der Waals surface area contributed by atoms with Gasteiger partial charge in [-0.05, 0) is 19.3 Å². The standard InChI is InChI=1S/C11H25NO3S/c1-4-15-8-6-12-7-10-16(13,14)9-5-11(2)3/h11-12H,4-10H2,1-3H3. The van der Waals surface area contributed by atoms with Gasteiger partial charge in [0.05, 0.1) is 18.1 Å². The van der Waals surface area contributed by atoms with Crippen LogP contribution >= 0.6 is 0 Å². The summed E-state index contributed by atoms with van der Waals surface area (Å²) in [4.78, 5) is 0. The highest BCUT2D eigenvalue weighted by Gasteiger charge is 2.10. The molecule has 0 saturated heterocycles. The molecule has 0 aliphatic heterocycles. The average molecular weight is 251 g/mol. The minimum absolute atomic E-state index is 0.228. The molecular formula is C11H25NO3S. The zero-order chi connectivity index (χ0) is 12.4. The first kappa shape index (κ1) is 15.9. The molecule has 4 nitrogen and oxygen atoms in total. The lowest BCUT2D eigenvalue weighted by atomic mass is 10.2. The van der Waals surface area contributed by atoms with Crippen molar-refractivity contribution in [2.24, 2.45) is 5.92 Å². The van der Waals surface area contributed by atoms with E-state index in [1.165, 1.54) is 0 Å². The lowest BCUT2D eigenvalue weighted by molar-refractivity contribution is 0.150. The van der Waals surface area contributed by atoms with Gasteiger partial charge < -0.3 is 10.1 Å². The van der Waals surface area contributed by atoms with Crippen LogP contribution in [0.1, 0.15) is 27.2 Å². The van der Waals surface area contributed by atoms with Crippen molar-refractivity contribution in [1.82, 2.24) is 5.32 Å². The van der Waals surface area contributed by atoms with Crippen LogP contribution < -0.4 is 5.32 Å². The van der Waals surface area contributed by atoms with Crippen LogP contribution in [0.4, 0.5) is 0 Å². The van der Waals surface area contributed by atoms with Gasteiger partial charge in [-0.2, -0.15) is 0 Å². The van der Waals surface area contributed by atoms with Gasteiger partial charge >= 0.3 is 0 Å². The molecule has 0 aliphatic rings. The third kappa shape index (κ3) is 10.4. The topological polar surface area (TPSA) is 55.4 Å². The van der Waals surface area contributed by atoms with Crippen LogP contribution in [-0.4, -0.2) is 46.2 Å². The van der Waals surface area contributed by atoms with Crippen molar-refractivity contribution in [3.63, 3.8) is 0 Å². The average Bonchev–Trinajstić information content (AvgIpc) is 2.21. The Bertz CT molecular complexity index is 250. The summed E-state index contributed by atoms with van der Waals surface area (Å²) in [6.45, 7) is 8.60. The molecule has 0 atom stereocenters. The first-order valence-electron chi connectivity index (χ1n) is 5.97. The summed E-state index contributed by atoms with van der Waals surface area (Å²) in [7, 11) is -2.87. The fourth-order valence-corrected chi connectivity index (χ4v) is 2.65. The van der Waals surface area contributed by atoms with E-state index < -0.39 is 9.84 Å². The molecule has 0 unspecified atom stereocenters. The van der Waals surface area contributed by atoms with Crippen molar-refractivity contribution in [3.05, 3.63) is 0 Å². The second-order valence-corrected chi connectivity index (χ2v) is 6.58. The summed E-state index contributed by atoms with van der Waals surface area (Å²) in [5.41, 5.74) is 0. The monoisotopic (exact) mass is 251 g/mol. The van der Waals surface area contributed by atoms with Crippen LogP contribution in [-0.2, 0) is 14.6 Å². The molecule has 0 rings (SSSR count). The van der Waals surface area contributed by atoms with E-state index in [0.717, 1.165) is 6.42 Å². The van der Waals surface area contributed by atoms with Gasteiger partial charge in [0.15, 0.2) is 9.84 Å². The number of hydrogen-bond donors (Lipinski definition) is 1. The fourth-order valence-electron chi connectivity index (χ4n) is 1.16. The summed E-state index contributed by atoms with van der Waals surface area (Å²) < 4.78 is 28.2. The Hall–Kier alpha value is -0.130. The third-order valence-electron chi connectivity index (χ3n) is 2.22. The maximum atomic E-state index is 11.6. The highest BCUT2D eigenvalue weighted by molar-refractivity contribution is 7.91. The Labute approximate surface area is 99.7 Å². The Morgan fingerprint density at radius 1 is 1.19 bits per heavy atom. The van der Waals surface area contributed by atoms with Crippen LogP contribution in [0, 0.1) is 5.92 Å². The Morgan fingerprint density at radius 3 is 2.44 bits per heavy atom. The SMILES string of the molecule is CCOCCNCCS(=O)(=O)CCC(C)C. The van der Waals surface area contributed by atoms with Gasteiger partial charge in [-0.15, -0.1) is 0 Å². The molecule has 5 heteroatoms. The van der Waals surface area contributed by atoms with Crippen LogP contribution in [0.5, 0.6) is 0 Å².